The Balaban J connectivity index is 0.00000288. The summed E-state index contributed by atoms with van der Waals surface area (Å²) in [5.74, 6) is 1.46. The van der Waals surface area contributed by atoms with Crippen LogP contribution in [-0.4, -0.2) is 61.9 Å². The van der Waals surface area contributed by atoms with E-state index in [9.17, 15) is 9.59 Å². The number of halogens is 1. The summed E-state index contributed by atoms with van der Waals surface area (Å²) in [4.78, 5) is 29.5. The van der Waals surface area contributed by atoms with Crippen molar-refractivity contribution in [3.8, 4) is 0 Å². The molecule has 2 fully saturated rings. The lowest BCUT2D eigenvalue weighted by Gasteiger charge is -2.15. The zero-order chi connectivity index (χ0) is 16.5. The third-order valence-electron chi connectivity index (χ3n) is 4.04. The molecule has 0 aromatic rings. The van der Waals surface area contributed by atoms with Crippen LogP contribution >= 0.6 is 24.0 Å². The van der Waals surface area contributed by atoms with E-state index in [1.807, 2.05) is 11.8 Å². The fourth-order valence-corrected chi connectivity index (χ4v) is 2.59. The van der Waals surface area contributed by atoms with Crippen LogP contribution in [0.5, 0.6) is 0 Å². The van der Waals surface area contributed by atoms with Gasteiger partial charge in [-0.2, -0.15) is 0 Å². The van der Waals surface area contributed by atoms with Crippen molar-refractivity contribution in [1.82, 2.24) is 20.9 Å². The lowest BCUT2D eigenvalue weighted by Crippen LogP contribution is -2.41. The second kappa shape index (κ2) is 11.5. The van der Waals surface area contributed by atoms with E-state index in [1.165, 1.54) is 0 Å². The summed E-state index contributed by atoms with van der Waals surface area (Å²) in [6.45, 7) is 6.46. The first-order valence-electron chi connectivity index (χ1n) is 8.78. The maximum atomic E-state index is 11.5. The van der Waals surface area contributed by atoms with E-state index in [0.717, 1.165) is 51.3 Å². The Labute approximate surface area is 161 Å². The van der Waals surface area contributed by atoms with Gasteiger partial charge in [0.2, 0.25) is 11.8 Å². The van der Waals surface area contributed by atoms with Gasteiger partial charge in [0.05, 0.1) is 0 Å². The molecule has 0 radical (unpaired) electrons. The summed E-state index contributed by atoms with van der Waals surface area (Å²) < 4.78 is 0. The molecule has 3 N–H and O–H groups in total. The summed E-state index contributed by atoms with van der Waals surface area (Å²) in [6, 6.07) is 0. The lowest BCUT2D eigenvalue weighted by atomic mass is 10.4. The van der Waals surface area contributed by atoms with E-state index in [0.29, 0.717) is 26.1 Å². The smallest absolute Gasteiger partial charge is 0.223 e. The highest BCUT2D eigenvalue weighted by Gasteiger charge is 2.28. The van der Waals surface area contributed by atoms with Gasteiger partial charge in [-0.3, -0.25) is 14.6 Å². The average Bonchev–Trinajstić information content (AvgIpc) is 3.31. The molecule has 1 heterocycles. The Bertz CT molecular complexity index is 440. The molecular weight excluding hydrogens is 421 g/mol. The van der Waals surface area contributed by atoms with Crippen molar-refractivity contribution in [2.24, 2.45) is 10.9 Å². The van der Waals surface area contributed by atoms with Crippen LogP contribution in [0.15, 0.2) is 4.99 Å². The van der Waals surface area contributed by atoms with E-state index >= 15 is 0 Å². The van der Waals surface area contributed by atoms with E-state index in [4.69, 9.17) is 0 Å². The maximum Gasteiger partial charge on any atom is 0.223 e. The largest absolute Gasteiger partial charge is 0.357 e. The normalized spacial score (nSPS) is 17.5. The molecule has 0 aromatic carbocycles. The molecule has 8 heteroatoms. The van der Waals surface area contributed by atoms with E-state index in [2.05, 4.69) is 20.9 Å². The van der Waals surface area contributed by atoms with Crippen LogP contribution in [0.25, 0.3) is 0 Å². The highest BCUT2D eigenvalue weighted by atomic mass is 127. The van der Waals surface area contributed by atoms with Gasteiger partial charge in [-0.15, -0.1) is 24.0 Å². The van der Waals surface area contributed by atoms with E-state index in [-0.39, 0.29) is 41.7 Å². The fraction of sp³-hybridized carbons (Fsp3) is 0.812. The molecule has 0 atom stereocenters. The first kappa shape index (κ1) is 21.0. The van der Waals surface area contributed by atoms with E-state index < -0.39 is 0 Å². The minimum absolute atomic E-state index is 0. The quantitative estimate of drug-likeness (QED) is 0.209. The molecule has 0 unspecified atom stereocenters. The van der Waals surface area contributed by atoms with Crippen molar-refractivity contribution in [2.45, 2.75) is 39.0 Å². The highest BCUT2D eigenvalue weighted by molar-refractivity contribution is 14.0. The van der Waals surface area contributed by atoms with Gasteiger partial charge in [0, 0.05) is 51.6 Å². The zero-order valence-corrected chi connectivity index (χ0v) is 16.8. The molecule has 138 valence electrons. The van der Waals surface area contributed by atoms with Gasteiger partial charge in [0.25, 0.3) is 0 Å². The van der Waals surface area contributed by atoms with Crippen LogP contribution in [0.1, 0.15) is 39.0 Å². The Kier molecular flexibility index (Phi) is 10.0. The molecule has 24 heavy (non-hydrogen) atoms. The first-order chi connectivity index (χ1) is 11.2. The summed E-state index contributed by atoms with van der Waals surface area (Å²) in [6.07, 6.45) is 4.62. The molecule has 0 spiro atoms. The number of aliphatic imine (C=N–C) groups is 1. The molecule has 1 aliphatic carbocycles. The van der Waals surface area contributed by atoms with Crippen LogP contribution in [0.2, 0.25) is 0 Å². The summed E-state index contributed by atoms with van der Waals surface area (Å²) in [5.41, 5.74) is 0. The maximum absolute atomic E-state index is 11.5. The Hall–Kier alpha value is -1.06. The van der Waals surface area contributed by atoms with Crippen molar-refractivity contribution in [2.75, 3.05) is 39.3 Å². The number of carbonyl (C=O) groups is 2. The number of nitrogens with zero attached hydrogens (tertiary/aromatic N) is 2. The topological polar surface area (TPSA) is 85.8 Å². The molecule has 2 amide bonds. The van der Waals surface area contributed by atoms with Crippen LogP contribution in [0, 0.1) is 5.92 Å². The zero-order valence-electron chi connectivity index (χ0n) is 14.5. The predicted molar refractivity (Wildman–Crippen MR) is 106 cm³/mol. The van der Waals surface area contributed by atoms with Crippen molar-refractivity contribution < 1.29 is 9.59 Å². The minimum atomic E-state index is 0. The Morgan fingerprint density at radius 3 is 2.62 bits per heavy atom. The molecule has 1 saturated heterocycles. The van der Waals surface area contributed by atoms with Crippen molar-refractivity contribution in [3.05, 3.63) is 0 Å². The van der Waals surface area contributed by atoms with Crippen molar-refractivity contribution in [3.63, 3.8) is 0 Å². The summed E-state index contributed by atoms with van der Waals surface area (Å²) in [5, 5.41) is 9.33. The van der Waals surface area contributed by atoms with Gasteiger partial charge in [-0.1, -0.05) is 0 Å². The summed E-state index contributed by atoms with van der Waals surface area (Å²) >= 11 is 0. The molecule has 7 nitrogen and oxygen atoms in total. The van der Waals surface area contributed by atoms with Gasteiger partial charge in [0.15, 0.2) is 5.96 Å². The number of likely N-dealkylation sites (tertiary alicyclic amines) is 1. The van der Waals surface area contributed by atoms with Crippen LogP contribution in [-0.2, 0) is 9.59 Å². The van der Waals surface area contributed by atoms with Crippen LogP contribution < -0.4 is 16.0 Å². The van der Waals surface area contributed by atoms with Gasteiger partial charge in [0.1, 0.15) is 0 Å². The number of hydrogen-bond donors (Lipinski definition) is 3. The number of carbonyl (C=O) groups excluding carboxylic acids is 2. The predicted octanol–water partition coefficient (Wildman–Crippen LogP) is 0.698. The Morgan fingerprint density at radius 1 is 1.25 bits per heavy atom. The second-order valence-electron chi connectivity index (χ2n) is 6.09. The highest BCUT2D eigenvalue weighted by Crippen LogP contribution is 2.28. The monoisotopic (exact) mass is 451 g/mol. The van der Waals surface area contributed by atoms with Gasteiger partial charge in [-0.25, -0.2) is 0 Å². The standard InChI is InChI=1S/C16H29N5O2.HI/c1-2-17-16(20-10-9-18-15(23)13-6-7-13)19-8-4-12-21-11-3-5-14(21)22;/h13H,2-12H2,1H3,(H,18,23)(H2,17,19,20);1H. The lowest BCUT2D eigenvalue weighted by molar-refractivity contribution is -0.127. The third-order valence-corrected chi connectivity index (χ3v) is 4.04. The van der Waals surface area contributed by atoms with Gasteiger partial charge >= 0.3 is 0 Å². The molecule has 2 rings (SSSR count). The van der Waals surface area contributed by atoms with Gasteiger partial charge in [-0.05, 0) is 32.6 Å². The molecule has 0 aromatic heterocycles. The molecule has 0 bridgehead atoms. The summed E-state index contributed by atoms with van der Waals surface area (Å²) in [7, 11) is 0. The molecular formula is C16H30IN5O2. The van der Waals surface area contributed by atoms with Crippen LogP contribution in [0.3, 0.4) is 0 Å². The van der Waals surface area contributed by atoms with Crippen molar-refractivity contribution >= 4 is 41.8 Å². The minimum Gasteiger partial charge on any atom is -0.357 e. The second-order valence-corrected chi connectivity index (χ2v) is 6.09. The number of amides is 2. The number of rotatable bonds is 9. The SMILES string of the molecule is CCNC(=NCCCN1CCCC1=O)NCCNC(=O)C1CC1.I. The number of hydrogen-bond acceptors (Lipinski definition) is 3. The van der Waals surface area contributed by atoms with Crippen LogP contribution in [0.4, 0.5) is 0 Å². The van der Waals surface area contributed by atoms with Crippen molar-refractivity contribution in [1.29, 1.82) is 0 Å². The first-order valence-corrected chi connectivity index (χ1v) is 8.78. The molecule has 2 aliphatic rings. The van der Waals surface area contributed by atoms with E-state index in [1.54, 1.807) is 0 Å². The Morgan fingerprint density at radius 2 is 2.00 bits per heavy atom. The fourth-order valence-electron chi connectivity index (χ4n) is 2.59. The average molecular weight is 451 g/mol. The molecule has 1 aliphatic heterocycles. The van der Waals surface area contributed by atoms with Gasteiger partial charge < -0.3 is 20.9 Å². The molecule has 1 saturated carbocycles. The number of guanidine groups is 1. The third kappa shape index (κ3) is 7.67. The number of nitrogens with one attached hydrogen (secondary N) is 3.